The SMILES string of the molecule is Cc1ccc(NS(=O)(=O)C(F)(F)F)c(/C(=N/OC2CCCC2)c2ccccc2)c1. The van der Waals surface area contributed by atoms with E-state index >= 15 is 0 Å². The number of sulfonamides is 1. The fourth-order valence-electron chi connectivity index (χ4n) is 3.12. The summed E-state index contributed by atoms with van der Waals surface area (Å²) in [7, 11) is -5.58. The van der Waals surface area contributed by atoms with E-state index in [1.807, 2.05) is 0 Å². The third-order valence-electron chi connectivity index (χ3n) is 4.62. The first kappa shape index (κ1) is 21.2. The highest BCUT2D eigenvalue weighted by Gasteiger charge is 2.46. The topological polar surface area (TPSA) is 67.8 Å². The van der Waals surface area contributed by atoms with Gasteiger partial charge >= 0.3 is 15.5 Å². The van der Waals surface area contributed by atoms with Crippen LogP contribution in [0.4, 0.5) is 18.9 Å². The number of halogens is 3. The lowest BCUT2D eigenvalue weighted by atomic mass is 9.99. The minimum Gasteiger partial charge on any atom is -0.392 e. The Morgan fingerprint density at radius 1 is 1.10 bits per heavy atom. The normalized spacial score (nSPS) is 16.1. The van der Waals surface area contributed by atoms with Crippen LogP contribution >= 0.6 is 0 Å². The summed E-state index contributed by atoms with van der Waals surface area (Å²) in [4.78, 5) is 5.65. The molecule has 3 rings (SSSR count). The van der Waals surface area contributed by atoms with Crippen molar-refractivity contribution in [3.05, 3.63) is 65.2 Å². The van der Waals surface area contributed by atoms with Gasteiger partial charge in [0.25, 0.3) is 0 Å². The van der Waals surface area contributed by atoms with Crippen molar-refractivity contribution in [2.75, 3.05) is 4.72 Å². The Balaban J connectivity index is 2.07. The molecule has 2 aromatic carbocycles. The van der Waals surface area contributed by atoms with Crippen molar-refractivity contribution >= 4 is 21.4 Å². The molecule has 156 valence electrons. The van der Waals surface area contributed by atoms with Crippen LogP contribution in [0.15, 0.2) is 53.7 Å². The van der Waals surface area contributed by atoms with Crippen molar-refractivity contribution in [2.45, 2.75) is 44.2 Å². The molecule has 1 aliphatic carbocycles. The molecule has 2 aromatic rings. The van der Waals surface area contributed by atoms with Crippen molar-refractivity contribution in [1.82, 2.24) is 0 Å². The van der Waals surface area contributed by atoms with Gasteiger partial charge in [-0.1, -0.05) is 47.1 Å². The average molecular weight is 426 g/mol. The van der Waals surface area contributed by atoms with Crippen LogP contribution in [0.5, 0.6) is 0 Å². The molecule has 1 aliphatic rings. The summed E-state index contributed by atoms with van der Waals surface area (Å²) < 4.78 is 63.7. The van der Waals surface area contributed by atoms with Crippen LogP contribution < -0.4 is 4.72 Å². The summed E-state index contributed by atoms with van der Waals surface area (Å²) in [6.07, 6.45) is 3.71. The Labute approximate surface area is 167 Å². The fourth-order valence-corrected chi connectivity index (χ4v) is 3.70. The molecule has 1 saturated carbocycles. The second-order valence-electron chi connectivity index (χ2n) is 6.92. The fraction of sp³-hybridized carbons (Fsp3) is 0.350. The number of nitrogens with one attached hydrogen (secondary N) is 1. The highest BCUT2D eigenvalue weighted by atomic mass is 32.2. The maximum absolute atomic E-state index is 12.9. The van der Waals surface area contributed by atoms with Crippen molar-refractivity contribution in [3.8, 4) is 0 Å². The van der Waals surface area contributed by atoms with Crippen LogP contribution in [0.25, 0.3) is 0 Å². The van der Waals surface area contributed by atoms with Crippen molar-refractivity contribution in [3.63, 3.8) is 0 Å². The maximum atomic E-state index is 12.9. The van der Waals surface area contributed by atoms with Gasteiger partial charge in [-0.15, -0.1) is 0 Å². The minimum absolute atomic E-state index is 0.0613. The lowest BCUT2D eigenvalue weighted by molar-refractivity contribution is -0.0429. The molecular formula is C20H21F3N2O3S. The molecule has 0 radical (unpaired) electrons. The van der Waals surface area contributed by atoms with E-state index in [0.717, 1.165) is 31.2 Å². The zero-order chi connectivity index (χ0) is 21.1. The molecule has 0 bridgehead atoms. The van der Waals surface area contributed by atoms with Gasteiger partial charge in [-0.05, 0) is 44.7 Å². The quantitative estimate of drug-likeness (QED) is 0.524. The summed E-state index contributed by atoms with van der Waals surface area (Å²) >= 11 is 0. The molecule has 0 heterocycles. The van der Waals surface area contributed by atoms with Gasteiger partial charge in [-0.25, -0.2) is 0 Å². The predicted molar refractivity (Wildman–Crippen MR) is 105 cm³/mol. The Morgan fingerprint density at radius 3 is 2.38 bits per heavy atom. The molecule has 9 heteroatoms. The first-order chi connectivity index (χ1) is 13.7. The summed E-state index contributed by atoms with van der Waals surface area (Å²) in [5.41, 5.74) is -3.84. The summed E-state index contributed by atoms with van der Waals surface area (Å²) in [5.74, 6) is 0. The molecule has 0 atom stereocenters. The maximum Gasteiger partial charge on any atom is 0.516 e. The van der Waals surface area contributed by atoms with Crippen molar-refractivity contribution in [1.29, 1.82) is 0 Å². The number of aryl methyl sites for hydroxylation is 1. The predicted octanol–water partition coefficient (Wildman–Crippen LogP) is 4.97. The third kappa shape index (κ3) is 5.09. The van der Waals surface area contributed by atoms with E-state index in [9.17, 15) is 21.6 Å². The highest BCUT2D eigenvalue weighted by Crippen LogP contribution is 2.29. The number of anilines is 1. The number of alkyl halides is 3. The average Bonchev–Trinajstić information content (AvgIpc) is 3.17. The van der Waals surface area contributed by atoms with Crippen molar-refractivity contribution < 1.29 is 26.4 Å². The van der Waals surface area contributed by atoms with Crippen LogP contribution in [-0.2, 0) is 14.9 Å². The lowest BCUT2D eigenvalue weighted by Gasteiger charge is -2.17. The van der Waals surface area contributed by atoms with E-state index in [0.29, 0.717) is 5.56 Å². The molecule has 0 aromatic heterocycles. The molecule has 29 heavy (non-hydrogen) atoms. The van der Waals surface area contributed by atoms with E-state index in [2.05, 4.69) is 5.16 Å². The number of rotatable bonds is 6. The molecule has 0 spiro atoms. The van der Waals surface area contributed by atoms with Gasteiger partial charge in [0, 0.05) is 11.1 Å². The van der Waals surface area contributed by atoms with E-state index in [1.54, 1.807) is 48.0 Å². The second-order valence-corrected chi connectivity index (χ2v) is 8.59. The van der Waals surface area contributed by atoms with Gasteiger partial charge in [-0.3, -0.25) is 4.72 Å². The minimum atomic E-state index is -5.58. The largest absolute Gasteiger partial charge is 0.516 e. The van der Waals surface area contributed by atoms with E-state index in [-0.39, 0.29) is 23.1 Å². The van der Waals surface area contributed by atoms with E-state index in [1.165, 1.54) is 12.1 Å². The second kappa shape index (κ2) is 8.44. The molecule has 0 amide bonds. The van der Waals surface area contributed by atoms with Gasteiger partial charge in [0.1, 0.15) is 11.8 Å². The summed E-state index contributed by atoms with van der Waals surface area (Å²) in [6, 6.07) is 13.2. The first-order valence-corrected chi connectivity index (χ1v) is 10.6. The number of benzene rings is 2. The Kier molecular flexibility index (Phi) is 6.16. The van der Waals surface area contributed by atoms with Gasteiger partial charge in [-0.2, -0.15) is 21.6 Å². The highest BCUT2D eigenvalue weighted by molar-refractivity contribution is 7.93. The monoisotopic (exact) mass is 426 g/mol. The van der Waals surface area contributed by atoms with Crippen LogP contribution in [0.3, 0.4) is 0 Å². The smallest absolute Gasteiger partial charge is 0.392 e. The third-order valence-corrected chi connectivity index (χ3v) is 5.72. The standard InChI is InChI=1S/C20H21F3N2O3S/c1-14-11-12-18(25-29(26,27)20(21,22)23)17(13-14)19(15-7-3-2-4-8-15)24-28-16-9-5-6-10-16/h2-4,7-8,11-13,16,25H,5-6,9-10H2,1H3/b24-19+. The molecule has 0 unspecified atom stereocenters. The number of nitrogens with zero attached hydrogens (tertiary/aromatic N) is 1. The van der Waals surface area contributed by atoms with Gasteiger partial charge in [0.05, 0.1) is 5.69 Å². The molecule has 1 N–H and O–H groups in total. The Morgan fingerprint density at radius 2 is 1.76 bits per heavy atom. The van der Waals surface area contributed by atoms with Crippen molar-refractivity contribution in [2.24, 2.45) is 5.16 Å². The molecule has 0 aliphatic heterocycles. The molecular weight excluding hydrogens is 405 g/mol. The zero-order valence-electron chi connectivity index (χ0n) is 15.7. The van der Waals surface area contributed by atoms with Crippen LogP contribution in [-0.4, -0.2) is 25.7 Å². The molecule has 1 fully saturated rings. The van der Waals surface area contributed by atoms with Crippen LogP contribution in [0.1, 0.15) is 42.4 Å². The number of hydrogen-bond donors (Lipinski definition) is 1. The van der Waals surface area contributed by atoms with Gasteiger partial charge in [0.15, 0.2) is 0 Å². The lowest BCUT2D eigenvalue weighted by Crippen LogP contribution is -2.30. The number of hydrogen-bond acceptors (Lipinski definition) is 4. The molecule has 0 saturated heterocycles. The Hall–Kier alpha value is -2.55. The molecule has 5 nitrogen and oxygen atoms in total. The van der Waals surface area contributed by atoms with E-state index < -0.39 is 15.5 Å². The zero-order valence-corrected chi connectivity index (χ0v) is 16.6. The van der Waals surface area contributed by atoms with Gasteiger partial charge < -0.3 is 4.84 Å². The summed E-state index contributed by atoms with van der Waals surface area (Å²) in [6.45, 7) is 1.76. The Bertz CT molecular complexity index is 984. The summed E-state index contributed by atoms with van der Waals surface area (Å²) in [5, 5.41) is 4.24. The van der Waals surface area contributed by atoms with Crippen LogP contribution in [0, 0.1) is 6.92 Å². The number of oxime groups is 1. The van der Waals surface area contributed by atoms with E-state index in [4.69, 9.17) is 4.84 Å². The van der Waals surface area contributed by atoms with Crippen LogP contribution in [0.2, 0.25) is 0 Å². The van der Waals surface area contributed by atoms with Gasteiger partial charge in [0.2, 0.25) is 0 Å². The first-order valence-electron chi connectivity index (χ1n) is 9.17.